The summed E-state index contributed by atoms with van der Waals surface area (Å²) < 4.78 is 16.2. The van der Waals surface area contributed by atoms with Crippen LogP contribution in [0.15, 0.2) is 66.7 Å². The third kappa shape index (κ3) is 6.25. The van der Waals surface area contributed by atoms with Gasteiger partial charge >= 0.3 is 5.97 Å². The number of ether oxygens (including phenoxy) is 3. The van der Waals surface area contributed by atoms with Crippen LogP contribution in [0.1, 0.15) is 48.3 Å². The molecule has 0 bridgehead atoms. The molecular weight excluding hydrogens is 454 g/mol. The first-order chi connectivity index (χ1) is 17.5. The third-order valence-electron chi connectivity index (χ3n) is 6.66. The van der Waals surface area contributed by atoms with E-state index in [4.69, 9.17) is 14.2 Å². The summed E-state index contributed by atoms with van der Waals surface area (Å²) in [5, 5.41) is 5.02. The Bertz CT molecular complexity index is 1270. The maximum absolute atomic E-state index is 12.3. The molecule has 0 spiro atoms. The van der Waals surface area contributed by atoms with Crippen molar-refractivity contribution in [1.82, 2.24) is 5.32 Å². The van der Waals surface area contributed by atoms with Crippen LogP contribution >= 0.6 is 0 Å². The molecule has 4 rings (SSSR count). The number of fused-ring (bicyclic) bond motifs is 1. The Balaban J connectivity index is 1.56. The van der Waals surface area contributed by atoms with Crippen LogP contribution in [-0.4, -0.2) is 38.7 Å². The second-order valence-corrected chi connectivity index (χ2v) is 9.15. The van der Waals surface area contributed by atoms with Crippen molar-refractivity contribution in [2.45, 2.75) is 44.6 Å². The second-order valence-electron chi connectivity index (χ2n) is 9.15. The summed E-state index contributed by atoms with van der Waals surface area (Å²) in [6.45, 7) is 1.98. The lowest BCUT2D eigenvalue weighted by molar-refractivity contribution is -0.140. The lowest BCUT2D eigenvalue weighted by Gasteiger charge is -2.20. The molecular formula is C30H33NO5. The zero-order chi connectivity index (χ0) is 25.5. The molecule has 0 fully saturated rings. The van der Waals surface area contributed by atoms with Gasteiger partial charge in [-0.15, -0.1) is 0 Å². The highest BCUT2D eigenvalue weighted by Crippen LogP contribution is 2.34. The van der Waals surface area contributed by atoms with E-state index in [1.807, 2.05) is 61.5 Å². The normalized spacial score (nSPS) is 15.8. The van der Waals surface area contributed by atoms with Crippen molar-refractivity contribution in [3.63, 3.8) is 0 Å². The van der Waals surface area contributed by atoms with Crippen molar-refractivity contribution in [2.24, 2.45) is 0 Å². The summed E-state index contributed by atoms with van der Waals surface area (Å²) in [7, 11) is 3.05. The van der Waals surface area contributed by atoms with Crippen molar-refractivity contribution < 1.29 is 23.8 Å². The van der Waals surface area contributed by atoms with Crippen LogP contribution in [0.4, 0.5) is 0 Å². The van der Waals surface area contributed by atoms with Gasteiger partial charge in [0.1, 0.15) is 11.5 Å². The Kier molecular flexibility index (Phi) is 8.26. The molecule has 0 saturated carbocycles. The minimum absolute atomic E-state index is 0.0362. The summed E-state index contributed by atoms with van der Waals surface area (Å²) in [5.41, 5.74) is 3.08. The van der Waals surface area contributed by atoms with Crippen LogP contribution in [0.25, 0.3) is 10.8 Å². The number of rotatable bonds is 9. The molecule has 2 atom stereocenters. The van der Waals surface area contributed by atoms with Gasteiger partial charge in [-0.2, -0.15) is 0 Å². The molecule has 3 aromatic carbocycles. The van der Waals surface area contributed by atoms with Crippen molar-refractivity contribution in [2.75, 3.05) is 20.8 Å². The van der Waals surface area contributed by atoms with Gasteiger partial charge in [0.2, 0.25) is 0 Å². The van der Waals surface area contributed by atoms with Crippen LogP contribution in [0.3, 0.4) is 0 Å². The molecule has 1 amide bonds. The standard InChI is InChI=1S/C30H33NO5/c1-20-15-25(34-2)13-14-27(20)28(18-30(33)35-3)22-10-9-21-11-12-26(17-23(21)16-22)36-19-29(32)31-24-7-5-4-6-8-24/h5,7,9-17,24,28H,4,6,8,18-19H2,1-3H3,(H,31,32). The minimum atomic E-state index is -0.272. The van der Waals surface area contributed by atoms with E-state index in [0.29, 0.717) is 5.75 Å². The predicted molar refractivity (Wildman–Crippen MR) is 141 cm³/mol. The average Bonchev–Trinajstić information content (AvgIpc) is 2.90. The SMILES string of the molecule is COC(=O)CC(c1ccc2ccc(OCC(=O)NC3C=CCCC3)cc2c1)c1ccc(OC)cc1C. The highest BCUT2D eigenvalue weighted by atomic mass is 16.5. The van der Waals surface area contributed by atoms with Gasteiger partial charge in [-0.1, -0.05) is 42.5 Å². The maximum atomic E-state index is 12.3. The average molecular weight is 488 g/mol. The number of amides is 1. The van der Waals surface area contributed by atoms with Crippen molar-refractivity contribution in [1.29, 1.82) is 0 Å². The fourth-order valence-corrected chi connectivity index (χ4v) is 4.70. The number of hydrogen-bond donors (Lipinski definition) is 1. The van der Waals surface area contributed by atoms with E-state index in [0.717, 1.165) is 52.5 Å². The fraction of sp³-hybridized carbons (Fsp3) is 0.333. The molecule has 1 aliphatic carbocycles. The summed E-state index contributed by atoms with van der Waals surface area (Å²) in [6.07, 6.45) is 7.50. The Morgan fingerprint density at radius 3 is 2.53 bits per heavy atom. The molecule has 188 valence electrons. The quantitative estimate of drug-likeness (QED) is 0.321. The van der Waals surface area contributed by atoms with Crippen molar-refractivity contribution in [3.8, 4) is 11.5 Å². The third-order valence-corrected chi connectivity index (χ3v) is 6.66. The van der Waals surface area contributed by atoms with Crippen LogP contribution in [0.2, 0.25) is 0 Å². The van der Waals surface area contributed by atoms with Crippen molar-refractivity contribution >= 4 is 22.6 Å². The van der Waals surface area contributed by atoms with E-state index in [2.05, 4.69) is 17.5 Å². The van der Waals surface area contributed by atoms with E-state index < -0.39 is 0 Å². The molecule has 1 N–H and O–H groups in total. The van der Waals surface area contributed by atoms with E-state index in [9.17, 15) is 9.59 Å². The maximum Gasteiger partial charge on any atom is 0.306 e. The largest absolute Gasteiger partial charge is 0.497 e. The summed E-state index contributed by atoms with van der Waals surface area (Å²) in [5.74, 6) is 0.822. The molecule has 0 aromatic heterocycles. The smallest absolute Gasteiger partial charge is 0.306 e. The van der Waals surface area contributed by atoms with Gasteiger partial charge in [-0.05, 0) is 77.9 Å². The molecule has 0 aliphatic heterocycles. The lowest BCUT2D eigenvalue weighted by Crippen LogP contribution is -2.37. The highest BCUT2D eigenvalue weighted by molar-refractivity contribution is 5.85. The Labute approximate surface area is 212 Å². The minimum Gasteiger partial charge on any atom is -0.497 e. The monoisotopic (exact) mass is 487 g/mol. The second kappa shape index (κ2) is 11.8. The first kappa shape index (κ1) is 25.3. The number of carbonyl (C=O) groups is 2. The number of methoxy groups -OCH3 is 2. The summed E-state index contributed by atoms with van der Waals surface area (Å²) >= 11 is 0. The van der Waals surface area contributed by atoms with Gasteiger partial charge in [0.15, 0.2) is 6.61 Å². The van der Waals surface area contributed by atoms with Gasteiger partial charge in [0, 0.05) is 12.0 Å². The van der Waals surface area contributed by atoms with Gasteiger partial charge < -0.3 is 19.5 Å². The zero-order valence-electron chi connectivity index (χ0n) is 21.1. The molecule has 3 aromatic rings. The number of nitrogens with one attached hydrogen (secondary N) is 1. The zero-order valence-corrected chi connectivity index (χ0v) is 21.1. The number of hydrogen-bond acceptors (Lipinski definition) is 5. The number of carbonyl (C=O) groups excluding carboxylic acids is 2. The van der Waals surface area contributed by atoms with Crippen LogP contribution in [0, 0.1) is 6.92 Å². The van der Waals surface area contributed by atoms with E-state index in [1.54, 1.807) is 7.11 Å². The number of esters is 1. The van der Waals surface area contributed by atoms with Crippen LogP contribution < -0.4 is 14.8 Å². The topological polar surface area (TPSA) is 73.9 Å². The highest BCUT2D eigenvalue weighted by Gasteiger charge is 2.21. The molecule has 1 aliphatic rings. The molecule has 2 unspecified atom stereocenters. The number of aryl methyl sites for hydroxylation is 1. The molecule has 36 heavy (non-hydrogen) atoms. The lowest BCUT2D eigenvalue weighted by atomic mass is 9.85. The van der Waals surface area contributed by atoms with Gasteiger partial charge in [-0.25, -0.2) is 0 Å². The van der Waals surface area contributed by atoms with Crippen LogP contribution in [-0.2, 0) is 14.3 Å². The number of benzene rings is 3. The summed E-state index contributed by atoms with van der Waals surface area (Å²) in [4.78, 5) is 24.6. The molecule has 6 heteroatoms. The van der Waals surface area contributed by atoms with Gasteiger partial charge in [0.25, 0.3) is 5.91 Å². The molecule has 6 nitrogen and oxygen atoms in total. The Morgan fingerprint density at radius 1 is 1.00 bits per heavy atom. The molecule has 0 radical (unpaired) electrons. The van der Waals surface area contributed by atoms with E-state index in [-0.39, 0.29) is 36.9 Å². The summed E-state index contributed by atoms with van der Waals surface area (Å²) in [6, 6.07) is 17.9. The Hall–Kier alpha value is -3.80. The van der Waals surface area contributed by atoms with E-state index >= 15 is 0 Å². The predicted octanol–water partition coefficient (Wildman–Crippen LogP) is 5.46. The van der Waals surface area contributed by atoms with Gasteiger partial charge in [0.05, 0.1) is 20.6 Å². The van der Waals surface area contributed by atoms with Crippen LogP contribution in [0.5, 0.6) is 11.5 Å². The van der Waals surface area contributed by atoms with Gasteiger partial charge in [-0.3, -0.25) is 9.59 Å². The fourth-order valence-electron chi connectivity index (χ4n) is 4.70. The first-order valence-corrected chi connectivity index (χ1v) is 12.3. The molecule has 0 saturated heterocycles. The number of allylic oxidation sites excluding steroid dienone is 1. The van der Waals surface area contributed by atoms with Crippen molar-refractivity contribution in [3.05, 3.63) is 83.4 Å². The molecule has 0 heterocycles. The van der Waals surface area contributed by atoms with E-state index in [1.165, 1.54) is 7.11 Å². The first-order valence-electron chi connectivity index (χ1n) is 12.3. The Morgan fingerprint density at radius 2 is 1.81 bits per heavy atom.